The first kappa shape index (κ1) is 14.4. The molecule has 0 aliphatic heterocycles. The largest absolute Gasteiger partial charge is 0.314 e. The van der Waals surface area contributed by atoms with Gasteiger partial charge in [-0.15, -0.1) is 0 Å². The Labute approximate surface area is 128 Å². The van der Waals surface area contributed by atoms with E-state index in [2.05, 4.69) is 15.5 Å². The highest BCUT2D eigenvalue weighted by atomic mass is 19.1. The van der Waals surface area contributed by atoms with Crippen molar-refractivity contribution in [3.8, 4) is 11.3 Å². The second kappa shape index (κ2) is 6.49. The van der Waals surface area contributed by atoms with E-state index in [1.165, 1.54) is 12.1 Å². The molecule has 22 heavy (non-hydrogen) atoms. The minimum absolute atomic E-state index is 0.238. The maximum Gasteiger partial charge on any atom is 0.123 e. The van der Waals surface area contributed by atoms with Crippen molar-refractivity contribution in [3.05, 3.63) is 71.7 Å². The first-order valence-corrected chi connectivity index (χ1v) is 7.15. The normalized spacial score (nSPS) is 10.8. The van der Waals surface area contributed by atoms with E-state index in [4.69, 9.17) is 0 Å². The molecule has 2 aromatic carbocycles. The molecule has 0 aliphatic rings. The number of nitrogens with one attached hydrogen (secondary N) is 1. The molecule has 3 aromatic rings. The van der Waals surface area contributed by atoms with Gasteiger partial charge < -0.3 is 5.32 Å². The van der Waals surface area contributed by atoms with Gasteiger partial charge in [-0.3, -0.25) is 0 Å². The summed E-state index contributed by atoms with van der Waals surface area (Å²) in [7, 11) is 1.88. The summed E-state index contributed by atoms with van der Waals surface area (Å²) in [5.74, 6) is -0.238. The van der Waals surface area contributed by atoms with Crippen LogP contribution in [0.15, 0.2) is 54.6 Å². The summed E-state index contributed by atoms with van der Waals surface area (Å²) in [6, 6.07) is 16.4. The fraction of sp³-hybridized carbons (Fsp3) is 0.176. The maximum absolute atomic E-state index is 13.0. The molecule has 5 heteroatoms. The Kier molecular flexibility index (Phi) is 4.25. The molecule has 3 rings (SSSR count). The predicted octanol–water partition coefficient (Wildman–Crippen LogP) is 2.85. The molecule has 1 aromatic heterocycles. The zero-order valence-electron chi connectivity index (χ0n) is 12.3. The molecule has 4 nitrogen and oxygen atoms in total. The first-order chi connectivity index (χ1) is 10.8. The Morgan fingerprint density at radius 3 is 2.41 bits per heavy atom. The lowest BCUT2D eigenvalue weighted by molar-refractivity contribution is 0.579. The van der Waals surface area contributed by atoms with E-state index in [1.807, 2.05) is 37.4 Å². The van der Waals surface area contributed by atoms with Crippen molar-refractivity contribution in [1.82, 2.24) is 20.3 Å². The summed E-state index contributed by atoms with van der Waals surface area (Å²) in [4.78, 5) is 1.66. The van der Waals surface area contributed by atoms with Gasteiger partial charge in [0, 0.05) is 12.1 Å². The Balaban J connectivity index is 1.91. The summed E-state index contributed by atoms with van der Waals surface area (Å²) in [5.41, 5.74) is 3.78. The minimum Gasteiger partial charge on any atom is -0.314 e. The Hall–Kier alpha value is -2.53. The van der Waals surface area contributed by atoms with E-state index < -0.39 is 0 Å². The Morgan fingerprint density at radius 2 is 1.73 bits per heavy atom. The molecule has 0 bridgehead atoms. The number of hydrogen-bond acceptors (Lipinski definition) is 3. The van der Waals surface area contributed by atoms with E-state index in [0.717, 1.165) is 22.5 Å². The van der Waals surface area contributed by atoms with Crippen molar-refractivity contribution in [2.45, 2.75) is 13.1 Å². The first-order valence-electron chi connectivity index (χ1n) is 7.15. The number of halogens is 1. The molecule has 0 fully saturated rings. The van der Waals surface area contributed by atoms with Gasteiger partial charge in [0.2, 0.25) is 0 Å². The van der Waals surface area contributed by atoms with Crippen molar-refractivity contribution in [2.75, 3.05) is 7.05 Å². The third-order valence-corrected chi connectivity index (χ3v) is 3.35. The lowest BCUT2D eigenvalue weighted by atomic mass is 10.1. The average Bonchev–Trinajstić information content (AvgIpc) is 2.93. The summed E-state index contributed by atoms with van der Waals surface area (Å²) in [5, 5.41) is 12.2. The van der Waals surface area contributed by atoms with Crippen LogP contribution in [-0.4, -0.2) is 22.0 Å². The highest BCUT2D eigenvalue weighted by molar-refractivity contribution is 5.60. The second-order valence-corrected chi connectivity index (χ2v) is 5.05. The van der Waals surface area contributed by atoms with Crippen LogP contribution >= 0.6 is 0 Å². The second-order valence-electron chi connectivity index (χ2n) is 5.05. The molecule has 0 atom stereocenters. The van der Waals surface area contributed by atoms with Gasteiger partial charge in [-0.25, -0.2) is 4.39 Å². The standard InChI is InChI=1S/C17H17FN4/c1-19-11-16-17(14-5-3-2-4-6-14)21-22(20-16)12-13-7-9-15(18)10-8-13/h2-10,19H,11-12H2,1H3. The third-order valence-electron chi connectivity index (χ3n) is 3.35. The van der Waals surface area contributed by atoms with Crippen LogP contribution in [0.2, 0.25) is 0 Å². The molecule has 112 valence electrons. The molecular weight excluding hydrogens is 279 g/mol. The summed E-state index contributed by atoms with van der Waals surface area (Å²) in [6.07, 6.45) is 0. The monoisotopic (exact) mass is 296 g/mol. The molecule has 1 heterocycles. The van der Waals surface area contributed by atoms with Gasteiger partial charge in [-0.05, 0) is 24.7 Å². The molecule has 0 aliphatic carbocycles. The van der Waals surface area contributed by atoms with Crippen molar-refractivity contribution >= 4 is 0 Å². The lowest BCUT2D eigenvalue weighted by Gasteiger charge is -2.00. The zero-order chi connectivity index (χ0) is 15.4. The summed E-state index contributed by atoms with van der Waals surface area (Å²) < 4.78 is 13.0. The van der Waals surface area contributed by atoms with Gasteiger partial charge in [-0.2, -0.15) is 15.0 Å². The Morgan fingerprint density at radius 1 is 1.00 bits per heavy atom. The molecular formula is C17H17FN4. The molecule has 0 saturated heterocycles. The fourth-order valence-electron chi connectivity index (χ4n) is 2.31. The molecule has 0 saturated carbocycles. The highest BCUT2D eigenvalue weighted by Gasteiger charge is 2.12. The number of rotatable bonds is 5. The lowest BCUT2D eigenvalue weighted by Crippen LogP contribution is -2.08. The average molecular weight is 296 g/mol. The quantitative estimate of drug-likeness (QED) is 0.787. The molecule has 0 amide bonds. The summed E-state index contributed by atoms with van der Waals surface area (Å²) >= 11 is 0. The van der Waals surface area contributed by atoms with Crippen LogP contribution in [0.1, 0.15) is 11.3 Å². The third kappa shape index (κ3) is 3.20. The van der Waals surface area contributed by atoms with E-state index in [1.54, 1.807) is 16.9 Å². The van der Waals surface area contributed by atoms with Gasteiger partial charge in [-0.1, -0.05) is 42.5 Å². The van der Waals surface area contributed by atoms with Crippen LogP contribution < -0.4 is 5.32 Å². The van der Waals surface area contributed by atoms with Crippen LogP contribution in [0, 0.1) is 5.82 Å². The number of nitrogens with zero attached hydrogens (tertiary/aromatic N) is 3. The van der Waals surface area contributed by atoms with Crippen molar-refractivity contribution in [1.29, 1.82) is 0 Å². The van der Waals surface area contributed by atoms with Crippen LogP contribution in [0.25, 0.3) is 11.3 Å². The maximum atomic E-state index is 13.0. The van der Waals surface area contributed by atoms with Crippen molar-refractivity contribution in [3.63, 3.8) is 0 Å². The molecule has 0 spiro atoms. The molecule has 0 unspecified atom stereocenters. The van der Waals surface area contributed by atoms with Crippen LogP contribution in [0.5, 0.6) is 0 Å². The SMILES string of the molecule is CNCc1nn(Cc2ccc(F)cc2)nc1-c1ccccc1. The van der Waals surface area contributed by atoms with Gasteiger partial charge in [0.25, 0.3) is 0 Å². The smallest absolute Gasteiger partial charge is 0.123 e. The zero-order valence-corrected chi connectivity index (χ0v) is 12.3. The van der Waals surface area contributed by atoms with Crippen LogP contribution in [0.3, 0.4) is 0 Å². The van der Waals surface area contributed by atoms with Crippen molar-refractivity contribution in [2.24, 2.45) is 0 Å². The van der Waals surface area contributed by atoms with E-state index in [9.17, 15) is 4.39 Å². The minimum atomic E-state index is -0.238. The van der Waals surface area contributed by atoms with Gasteiger partial charge in [0.05, 0.1) is 6.54 Å². The van der Waals surface area contributed by atoms with Gasteiger partial charge in [0.15, 0.2) is 0 Å². The fourth-order valence-corrected chi connectivity index (χ4v) is 2.31. The van der Waals surface area contributed by atoms with Crippen LogP contribution in [-0.2, 0) is 13.1 Å². The molecule has 1 N–H and O–H groups in total. The number of hydrogen-bond donors (Lipinski definition) is 1. The number of benzene rings is 2. The van der Waals surface area contributed by atoms with Gasteiger partial charge >= 0.3 is 0 Å². The van der Waals surface area contributed by atoms with Gasteiger partial charge in [0.1, 0.15) is 17.2 Å². The highest BCUT2D eigenvalue weighted by Crippen LogP contribution is 2.20. The van der Waals surface area contributed by atoms with Crippen molar-refractivity contribution < 1.29 is 4.39 Å². The van der Waals surface area contributed by atoms with E-state index in [0.29, 0.717) is 13.1 Å². The summed E-state index contributed by atoms with van der Waals surface area (Å²) in [6.45, 7) is 1.16. The van der Waals surface area contributed by atoms with E-state index in [-0.39, 0.29) is 5.82 Å². The topological polar surface area (TPSA) is 42.7 Å². The predicted molar refractivity (Wildman–Crippen MR) is 83.7 cm³/mol. The van der Waals surface area contributed by atoms with Crippen LogP contribution in [0.4, 0.5) is 4.39 Å². The number of aromatic nitrogens is 3. The van der Waals surface area contributed by atoms with E-state index >= 15 is 0 Å². The Bertz CT molecular complexity index is 735. The molecule has 0 radical (unpaired) electrons.